The minimum Gasteiger partial charge on any atom is -0.496 e. The van der Waals surface area contributed by atoms with Crippen molar-refractivity contribution >= 4 is 154 Å². The van der Waals surface area contributed by atoms with Crippen molar-refractivity contribution in [2.45, 2.75) is 32.1 Å². The van der Waals surface area contributed by atoms with Crippen molar-refractivity contribution in [1.82, 2.24) is 24.9 Å². The normalized spacial score (nSPS) is 10.5. The number of ether oxygens (including phenoxy) is 4. The first kappa shape index (κ1) is 93.1. The fourth-order valence-corrected chi connectivity index (χ4v) is 12.4. The number of aromatic nitrogens is 5. The number of aryl methyl sites for hydroxylation is 1. The van der Waals surface area contributed by atoms with Crippen LogP contribution in [0.15, 0.2) is 200 Å². The van der Waals surface area contributed by atoms with Gasteiger partial charge in [0, 0.05) is 52.4 Å². The molecular formula is C79H68F8N14O17S3. The molecular weight excluding hydrogens is 1670 g/mol. The third-order valence-electron chi connectivity index (χ3n) is 15.3. The molecule has 0 fully saturated rings. The second-order valence-corrected chi connectivity index (χ2v) is 26.8. The minimum absolute atomic E-state index is 0.00753. The quantitative estimate of drug-likeness (QED) is 0.00481. The number of esters is 3. The number of anilines is 11. The first-order valence-electron chi connectivity index (χ1n) is 34.5. The van der Waals surface area contributed by atoms with Crippen LogP contribution in [0.5, 0.6) is 5.75 Å². The molecule has 0 spiro atoms. The van der Waals surface area contributed by atoms with Crippen molar-refractivity contribution in [3.63, 3.8) is 0 Å². The number of methoxy groups -OCH3 is 3. The second kappa shape index (κ2) is 43.8. The molecule has 0 bridgehead atoms. The minimum atomic E-state index is -5.08. The number of nitrogens with zero attached hydrogens (tertiary/aromatic N) is 5. The van der Waals surface area contributed by atoms with Gasteiger partial charge in [0.1, 0.15) is 55.2 Å². The van der Waals surface area contributed by atoms with Crippen molar-refractivity contribution in [3.05, 3.63) is 287 Å². The van der Waals surface area contributed by atoms with Crippen LogP contribution in [0.4, 0.5) is 102 Å². The summed E-state index contributed by atoms with van der Waals surface area (Å²) in [6, 6.07) is 53.4. The number of benzene rings is 8. The average molecular weight is 1730 g/mol. The van der Waals surface area contributed by atoms with Gasteiger partial charge < -0.3 is 78.3 Å². The topological polar surface area (TPSA) is 494 Å². The van der Waals surface area contributed by atoms with E-state index in [1.165, 1.54) is 87.6 Å². The summed E-state index contributed by atoms with van der Waals surface area (Å²) in [4.78, 5) is 134. The standard InChI is InChI=1S/C20H22N4O2.C19H16FN3O3S.C18H14FN3O3S.C18H14N4O5S.2C2HF3O2/c1-26-16-12-6-5-11-15(16)18(25)17-19(21)24-20(23-17)22-13-7-10-14-8-3-2-4-9-14;1-2-26-18(25)12-6-4-8-14(10-12)22-19-23-17(21)16(27-19)15(24)11-5-3-7-13(20)9-11;1-25-17(24)11-5-3-7-13(9-11)21-18-22-16(20)15(26-18)14(23)10-4-2-6-12(19)8-10;1-27-17(24)11-5-2-6-12(8-11)20-18-21-16(19)15(28-18)14(23)10-4-3-7-13(9-10)22(25)26;2*3-2(4,5)1(6)7/h2-6,8-9,11-12H,7,10,13,21H2,1H3,(H2,22,23,24);3-10H,2,21H2,1H3,(H,22,23);2-9H,20H2,1H3,(H,21,22);2-9H,19H2,1H3,(H,20,21);2*(H,6,7). The summed E-state index contributed by atoms with van der Waals surface area (Å²) >= 11 is 3.11. The van der Waals surface area contributed by atoms with Crippen LogP contribution in [-0.4, -0.2) is 140 Å². The molecule has 0 saturated carbocycles. The van der Waals surface area contributed by atoms with Gasteiger partial charge in [0.2, 0.25) is 29.1 Å². The van der Waals surface area contributed by atoms with Gasteiger partial charge in [-0.3, -0.25) is 29.3 Å². The number of carboxylic acid groups (broad SMARTS) is 2. The van der Waals surface area contributed by atoms with Gasteiger partial charge in [0.15, 0.2) is 21.2 Å². The predicted octanol–water partition coefficient (Wildman–Crippen LogP) is 15.6. The predicted molar refractivity (Wildman–Crippen MR) is 434 cm³/mol. The number of halogens is 8. The molecule has 630 valence electrons. The summed E-state index contributed by atoms with van der Waals surface area (Å²) in [5.41, 5.74) is 28.7. The van der Waals surface area contributed by atoms with Crippen molar-refractivity contribution in [3.8, 4) is 5.75 Å². The second-order valence-electron chi connectivity index (χ2n) is 23.8. The van der Waals surface area contributed by atoms with Crippen LogP contribution in [0.2, 0.25) is 0 Å². The number of nitrogens with two attached hydrogens (primary N) is 4. The number of rotatable bonds is 25. The van der Waals surface area contributed by atoms with Crippen LogP contribution < -0.4 is 48.9 Å². The molecule has 8 aromatic carbocycles. The molecule has 0 radical (unpaired) electrons. The maximum atomic E-state index is 13.3. The molecule has 31 nitrogen and oxygen atoms in total. The SMILES string of the molecule is CCOC(=O)c1cccc(Nc2nc(N)c(C(=O)c3cccc(F)c3)s2)c1.COC(=O)c1cccc(Nc2nc(N)c(C(=O)c3cccc(F)c3)s2)c1.COC(=O)c1cccc(Nc2nc(N)c(C(=O)c3cccc([N+](=O)[O-])c3)s2)c1.COc1ccccc1C(=O)c1[nH]c(NCCCc2ccccc2)nc1N.O=C(O)C(F)(F)F.O=C(O)C(F)(F)F. The van der Waals surface area contributed by atoms with E-state index < -0.39 is 76.1 Å². The molecule has 4 heterocycles. The number of para-hydroxylation sites is 1. The molecule has 0 aliphatic rings. The van der Waals surface area contributed by atoms with Gasteiger partial charge >= 0.3 is 42.2 Å². The summed E-state index contributed by atoms with van der Waals surface area (Å²) < 4.78 is 110. The Morgan fingerprint density at radius 3 is 1.25 bits per heavy atom. The molecule has 4 aromatic heterocycles. The number of hydrogen-bond donors (Lipinski definition) is 11. The number of alkyl halides is 6. The van der Waals surface area contributed by atoms with Gasteiger partial charge in [-0.2, -0.15) is 31.3 Å². The molecule has 121 heavy (non-hydrogen) atoms. The summed E-state index contributed by atoms with van der Waals surface area (Å²) in [5, 5.41) is 38.4. The molecule has 12 rings (SSSR count). The van der Waals surface area contributed by atoms with Crippen LogP contribution in [-0.2, 0) is 30.2 Å². The number of carbonyl (C=O) groups excluding carboxylic acids is 7. The fraction of sp³-hybridized carbons (Fsp3) is 0.127. The lowest BCUT2D eigenvalue weighted by Crippen LogP contribution is -2.21. The maximum absolute atomic E-state index is 13.3. The largest absolute Gasteiger partial charge is 0.496 e. The number of carbonyl (C=O) groups is 9. The van der Waals surface area contributed by atoms with E-state index in [0.29, 0.717) is 66.4 Å². The number of nitro groups is 1. The van der Waals surface area contributed by atoms with E-state index in [2.05, 4.69) is 67.8 Å². The highest BCUT2D eigenvalue weighted by molar-refractivity contribution is 7.19. The van der Waals surface area contributed by atoms with Gasteiger partial charge in [-0.05, 0) is 116 Å². The third-order valence-corrected chi connectivity index (χ3v) is 18.3. The Morgan fingerprint density at radius 1 is 0.479 bits per heavy atom. The molecule has 12 aromatic rings. The van der Waals surface area contributed by atoms with Gasteiger partial charge in [-0.25, -0.2) is 47.7 Å². The molecule has 15 N–H and O–H groups in total. The first-order valence-corrected chi connectivity index (χ1v) is 36.9. The van der Waals surface area contributed by atoms with E-state index in [1.807, 2.05) is 24.3 Å². The van der Waals surface area contributed by atoms with Crippen LogP contribution in [0.1, 0.15) is 112 Å². The Morgan fingerprint density at radius 2 is 0.860 bits per heavy atom. The first-order chi connectivity index (χ1) is 57.4. The number of aromatic amines is 1. The fourth-order valence-electron chi connectivity index (χ4n) is 9.80. The van der Waals surface area contributed by atoms with E-state index in [0.717, 1.165) is 65.5 Å². The number of nitrogen functional groups attached to an aromatic ring is 4. The van der Waals surface area contributed by atoms with Crippen LogP contribution in [0.3, 0.4) is 0 Å². The highest BCUT2D eigenvalue weighted by Gasteiger charge is 2.39. The highest BCUT2D eigenvalue weighted by Crippen LogP contribution is 2.35. The van der Waals surface area contributed by atoms with Crippen molar-refractivity contribution in [2.75, 3.05) is 78.7 Å². The zero-order valence-electron chi connectivity index (χ0n) is 63.2. The molecule has 0 saturated heterocycles. The monoisotopic (exact) mass is 1730 g/mol. The number of aliphatic carboxylic acids is 2. The zero-order chi connectivity index (χ0) is 88.8. The van der Waals surface area contributed by atoms with Crippen LogP contribution >= 0.6 is 34.0 Å². The number of imidazole rings is 1. The Bertz CT molecular complexity index is 5690. The van der Waals surface area contributed by atoms with E-state index in [4.69, 9.17) is 52.2 Å². The smallest absolute Gasteiger partial charge is 0.490 e. The molecule has 0 unspecified atom stereocenters. The van der Waals surface area contributed by atoms with Crippen LogP contribution in [0, 0.1) is 21.7 Å². The summed E-state index contributed by atoms with van der Waals surface area (Å²) in [5.74, 6) is -8.13. The lowest BCUT2D eigenvalue weighted by atomic mass is 10.1. The van der Waals surface area contributed by atoms with Crippen molar-refractivity contribution in [2.24, 2.45) is 0 Å². The average Bonchev–Trinajstić information content (AvgIpc) is 1.70. The van der Waals surface area contributed by atoms with Gasteiger partial charge in [0.25, 0.3) is 5.69 Å². The van der Waals surface area contributed by atoms with E-state index >= 15 is 0 Å². The number of ketones is 4. The van der Waals surface area contributed by atoms with Gasteiger partial charge in [-0.1, -0.05) is 131 Å². The van der Waals surface area contributed by atoms with E-state index in [1.54, 1.807) is 97.9 Å². The summed E-state index contributed by atoms with van der Waals surface area (Å²) in [6.45, 7) is 2.74. The molecule has 0 atom stereocenters. The number of hydrogen-bond acceptors (Lipinski definition) is 30. The third kappa shape index (κ3) is 27.8. The van der Waals surface area contributed by atoms with Gasteiger partial charge in [-0.15, -0.1) is 0 Å². The molecule has 0 aliphatic heterocycles. The van der Waals surface area contributed by atoms with Crippen LogP contribution in [0.25, 0.3) is 0 Å². The number of non-ortho nitro benzene ring substituents is 1. The van der Waals surface area contributed by atoms with Crippen molar-refractivity contribution in [1.29, 1.82) is 0 Å². The number of carboxylic acids is 2. The molecule has 0 amide bonds. The Kier molecular flexibility index (Phi) is 33.7. The molecule has 0 aliphatic carbocycles. The number of nitrogens with one attached hydrogen (secondary N) is 5. The Labute approximate surface area is 691 Å². The highest BCUT2D eigenvalue weighted by atomic mass is 32.1. The lowest BCUT2D eigenvalue weighted by Gasteiger charge is -2.06. The Balaban J connectivity index is 0.000000210. The zero-order valence-corrected chi connectivity index (χ0v) is 65.6. The van der Waals surface area contributed by atoms with E-state index in [-0.39, 0.29) is 78.4 Å². The summed E-state index contributed by atoms with van der Waals surface area (Å²) in [7, 11) is 4.12. The maximum Gasteiger partial charge on any atom is 0.490 e. The number of nitro benzene ring substituents is 1. The summed E-state index contributed by atoms with van der Waals surface area (Å²) in [6.07, 6.45) is -8.25. The number of H-pyrrole nitrogens is 1. The van der Waals surface area contributed by atoms with Crippen molar-refractivity contribution < 1.29 is 112 Å². The van der Waals surface area contributed by atoms with E-state index in [9.17, 15) is 78.8 Å². The number of thiazole rings is 3. The lowest BCUT2D eigenvalue weighted by molar-refractivity contribution is -0.384. The molecule has 42 heteroatoms. The van der Waals surface area contributed by atoms with Gasteiger partial charge in [0.05, 0.1) is 55.1 Å². The Hall–Kier alpha value is -15.1.